The third-order valence-electron chi connectivity index (χ3n) is 0. The first-order valence-electron chi connectivity index (χ1n) is 0. The molecule has 0 aromatic carbocycles. The van der Waals surface area contributed by atoms with E-state index in [4.69, 9.17) is 0 Å². The second kappa shape index (κ2) is 35.5. The van der Waals surface area contributed by atoms with Crippen molar-refractivity contribution in [1.82, 2.24) is 0 Å². The molecule has 0 heterocycles. The van der Waals surface area contributed by atoms with E-state index in [0.29, 0.717) is 0 Å². The zero-order chi connectivity index (χ0) is 0. The Hall–Kier alpha value is 4.10. The van der Waals surface area contributed by atoms with Crippen molar-refractivity contribution in [3.63, 3.8) is 0 Å². The SMILES string of the molecule is [Ba+2].[Bi+3].[Co+2].[Mo+4].[Ni+2].[O-2]. The van der Waals surface area contributed by atoms with E-state index in [1.807, 2.05) is 0 Å². The van der Waals surface area contributed by atoms with Crippen molar-refractivity contribution in [2.75, 3.05) is 0 Å². The molecule has 0 N–H and O–H groups in total. The van der Waals surface area contributed by atoms with Gasteiger partial charge in [-0.1, -0.05) is 0 Å². The second-order valence-electron chi connectivity index (χ2n) is 0. The van der Waals surface area contributed by atoms with Crippen LogP contribution in [0.2, 0.25) is 0 Å². The van der Waals surface area contributed by atoms with E-state index in [2.05, 4.69) is 0 Å². The minimum absolute atomic E-state index is 0. The van der Waals surface area contributed by atoms with Crippen LogP contribution in [-0.4, -0.2) is 75.1 Å². The number of hydrogen-bond donors (Lipinski definition) is 0. The summed E-state index contributed by atoms with van der Waals surface area (Å²) in [6.07, 6.45) is 0. The summed E-state index contributed by atoms with van der Waals surface area (Å²) in [6.45, 7) is 0. The minimum Gasteiger partial charge on any atom is -2.00 e. The molecule has 0 bridgehead atoms. The maximum Gasteiger partial charge on any atom is 4.00 e. The van der Waals surface area contributed by atoms with E-state index in [0.717, 1.165) is 0 Å². The third-order valence-corrected chi connectivity index (χ3v) is 0. The molecule has 0 unspecified atom stereocenters. The van der Waals surface area contributed by atoms with Gasteiger partial charge in [0, 0.05) is 0 Å². The molecule has 27 valence electrons. The van der Waals surface area contributed by atoms with Gasteiger partial charge in [0.25, 0.3) is 0 Å². The van der Waals surface area contributed by atoms with Gasteiger partial charge in [0.05, 0.1) is 0 Å². The van der Waals surface area contributed by atoms with Gasteiger partial charge >= 0.3 is 129 Å². The van der Waals surface area contributed by atoms with Gasteiger partial charge in [0.15, 0.2) is 0 Å². The summed E-state index contributed by atoms with van der Waals surface area (Å²) in [7, 11) is 0. The molecule has 0 atom stereocenters. The second-order valence-corrected chi connectivity index (χ2v) is 0. The first-order valence-corrected chi connectivity index (χ1v) is 0. The third kappa shape index (κ3) is 24.3. The molecule has 0 spiro atoms. The maximum absolute atomic E-state index is 0. The Balaban J connectivity index is 0. The van der Waals surface area contributed by atoms with Crippen LogP contribution in [0.3, 0.4) is 0 Å². The van der Waals surface area contributed by atoms with Gasteiger partial charge in [-0.05, 0) is 0 Å². The molecule has 0 fully saturated rings. The average Bonchev–Trinajstić information content (AvgIpc) is 0. The fourth-order valence-electron chi connectivity index (χ4n) is 0. The summed E-state index contributed by atoms with van der Waals surface area (Å²) in [5.74, 6) is 0. The van der Waals surface area contributed by atoms with Crippen LogP contribution >= 0.6 is 0 Å². The summed E-state index contributed by atoms with van der Waals surface area (Å²) in [6, 6.07) is 0. The molecule has 3 radical (unpaired) electrons. The predicted molar refractivity (Wildman–Crippen MR) is 12.2 cm³/mol. The predicted octanol–water partition coefficient (Wildman–Crippen LogP) is -0.888. The molecule has 0 aliphatic heterocycles. The van der Waals surface area contributed by atoms with E-state index in [1.54, 1.807) is 0 Å². The minimum atomic E-state index is 0. The van der Waals surface area contributed by atoms with Crippen molar-refractivity contribution in [2.24, 2.45) is 0 Å². The van der Waals surface area contributed by atoms with Crippen LogP contribution in [0, 0.1) is 0 Å². The molecule has 0 aliphatic rings. The van der Waals surface area contributed by atoms with Crippen LogP contribution in [0.15, 0.2) is 0 Å². The van der Waals surface area contributed by atoms with Crippen molar-refractivity contribution in [3.05, 3.63) is 0 Å². The Morgan fingerprint density at radius 1 is 1.00 bits per heavy atom. The summed E-state index contributed by atoms with van der Waals surface area (Å²) in [5.41, 5.74) is 0. The number of rotatable bonds is 0. The normalized spacial score (nSPS) is 0. The molecule has 1 nitrogen and oxygen atoms in total. The van der Waals surface area contributed by atoms with Gasteiger partial charge in [0.1, 0.15) is 0 Å². The largest absolute Gasteiger partial charge is 4.00 e. The van der Waals surface area contributed by atoms with Gasteiger partial charge < -0.3 is 5.48 Å². The van der Waals surface area contributed by atoms with E-state index in [1.165, 1.54) is 0 Å². The molecule has 0 saturated heterocycles. The first-order chi connectivity index (χ1) is 0. The molecule has 0 aromatic heterocycles. The summed E-state index contributed by atoms with van der Waals surface area (Å²) in [5, 5.41) is 0. The zero-order valence-electron chi connectivity index (χ0n) is 2.62. The standard InChI is InChI=1S/Ba.Bi.Co.Mo.Ni.O/q+2;+3;+2;+4;+2;-2. The smallest absolute Gasteiger partial charge is 2.00 e. The van der Waals surface area contributed by atoms with Crippen molar-refractivity contribution in [3.8, 4) is 0 Å². The van der Waals surface area contributed by atoms with Gasteiger partial charge in [0.2, 0.25) is 0 Å². The molecule has 0 aliphatic carbocycles. The summed E-state index contributed by atoms with van der Waals surface area (Å²) >= 11 is 0. The van der Waals surface area contributed by atoms with E-state index >= 15 is 0 Å². The van der Waals surface area contributed by atoms with Crippen molar-refractivity contribution >= 4 is 75.1 Å². The Labute approximate surface area is 131 Å². The zero-order valence-corrected chi connectivity index (χ0v) is 14.6. The van der Waals surface area contributed by atoms with Crippen molar-refractivity contribution in [1.29, 1.82) is 0 Å². The van der Waals surface area contributed by atoms with Gasteiger partial charge in [-0.15, -0.1) is 0 Å². The Kier molecular flexibility index (Phi) is 294. The average molecular weight is 576 g/mol. The monoisotopic (exact) mass is 578 g/mol. The van der Waals surface area contributed by atoms with Crippen LogP contribution in [0.25, 0.3) is 0 Å². The molecule has 6 heavy (non-hydrogen) atoms. The van der Waals surface area contributed by atoms with Crippen LogP contribution < -0.4 is 0 Å². The topological polar surface area (TPSA) is 28.5 Å². The molecular weight excluding hydrogens is 576 g/mol. The Morgan fingerprint density at radius 3 is 1.00 bits per heavy atom. The molecule has 0 amide bonds. The van der Waals surface area contributed by atoms with Gasteiger partial charge in [-0.2, -0.15) is 0 Å². The molecule has 0 saturated carbocycles. The number of hydrogen-bond acceptors (Lipinski definition) is 0. The molecule has 0 rings (SSSR count). The van der Waals surface area contributed by atoms with Crippen LogP contribution in [0.1, 0.15) is 0 Å². The quantitative estimate of drug-likeness (QED) is 0.336. The van der Waals surface area contributed by atoms with Crippen LogP contribution in [-0.2, 0) is 59.8 Å². The Bertz CT molecular complexity index is 15.5. The van der Waals surface area contributed by atoms with Crippen LogP contribution in [0.4, 0.5) is 0 Å². The fraction of sp³-hybridized carbons (Fsp3) is 0. The molecular formula is BaBiCoMoNiO+11. The van der Waals surface area contributed by atoms with Gasteiger partial charge in [-0.25, -0.2) is 0 Å². The van der Waals surface area contributed by atoms with Crippen molar-refractivity contribution < 1.29 is 59.8 Å². The van der Waals surface area contributed by atoms with Crippen LogP contribution in [0.5, 0.6) is 0 Å². The Morgan fingerprint density at radius 2 is 1.00 bits per heavy atom. The maximum atomic E-state index is 0. The van der Waals surface area contributed by atoms with E-state index in [9.17, 15) is 0 Å². The summed E-state index contributed by atoms with van der Waals surface area (Å²) in [4.78, 5) is 0. The van der Waals surface area contributed by atoms with E-state index in [-0.39, 0.29) is 135 Å². The molecule has 0 aromatic rings. The fourth-order valence-corrected chi connectivity index (χ4v) is 0. The van der Waals surface area contributed by atoms with Gasteiger partial charge in [-0.3, -0.25) is 0 Å². The van der Waals surface area contributed by atoms with Crippen molar-refractivity contribution in [2.45, 2.75) is 0 Å². The van der Waals surface area contributed by atoms with E-state index < -0.39 is 0 Å². The first kappa shape index (κ1) is 49.7. The summed E-state index contributed by atoms with van der Waals surface area (Å²) < 4.78 is 0. The molecule has 6 heteroatoms.